The molecule has 0 fully saturated rings. The molecule has 0 aliphatic heterocycles. The smallest absolute Gasteiger partial charge is 0.153 e. The van der Waals surface area contributed by atoms with Crippen molar-refractivity contribution in [3.63, 3.8) is 0 Å². The van der Waals surface area contributed by atoms with Crippen LogP contribution >= 0.6 is 24.8 Å². The Morgan fingerprint density at radius 3 is 2.52 bits per heavy atom. The van der Waals surface area contributed by atoms with Gasteiger partial charge in [-0.15, -0.1) is 24.8 Å². The lowest BCUT2D eigenvalue weighted by atomic mass is 10.2. The van der Waals surface area contributed by atoms with Gasteiger partial charge in [0.25, 0.3) is 0 Å². The molecular weight excluding hydrogens is 311 g/mol. The summed E-state index contributed by atoms with van der Waals surface area (Å²) in [6.07, 6.45) is 1.04. The van der Waals surface area contributed by atoms with Gasteiger partial charge < -0.3 is 15.7 Å². The zero-order valence-corrected chi connectivity index (χ0v) is 14.1. The van der Waals surface area contributed by atoms with Crippen molar-refractivity contribution >= 4 is 41.5 Å². The molecule has 5 nitrogen and oxygen atoms in total. The number of hydrogen-bond acceptors (Lipinski definition) is 4. The summed E-state index contributed by atoms with van der Waals surface area (Å²) >= 11 is 0. The highest BCUT2D eigenvalue weighted by Crippen LogP contribution is 2.24. The largest absolute Gasteiger partial charge is 0.508 e. The molecule has 0 aliphatic rings. The number of benzene rings is 1. The number of nitrogens with zero attached hydrogens (tertiary/aromatic N) is 3. The molecule has 0 unspecified atom stereocenters. The van der Waals surface area contributed by atoms with E-state index in [0.717, 1.165) is 43.5 Å². The quantitative estimate of drug-likeness (QED) is 0.852. The van der Waals surface area contributed by atoms with Crippen LogP contribution in [0.15, 0.2) is 18.2 Å². The van der Waals surface area contributed by atoms with Crippen LogP contribution in [0.3, 0.4) is 0 Å². The van der Waals surface area contributed by atoms with E-state index >= 15 is 0 Å². The molecule has 7 heteroatoms. The molecule has 1 heterocycles. The topological polar surface area (TPSA) is 67.3 Å². The van der Waals surface area contributed by atoms with Gasteiger partial charge in [-0.25, -0.2) is 0 Å². The minimum atomic E-state index is 0. The minimum Gasteiger partial charge on any atom is -0.508 e. The van der Waals surface area contributed by atoms with Crippen LogP contribution in [0.5, 0.6) is 5.75 Å². The van der Waals surface area contributed by atoms with Crippen LogP contribution in [-0.2, 0) is 6.54 Å². The molecule has 0 saturated carbocycles. The van der Waals surface area contributed by atoms with Crippen molar-refractivity contribution in [1.82, 2.24) is 14.7 Å². The molecule has 0 radical (unpaired) electrons. The van der Waals surface area contributed by atoms with Crippen molar-refractivity contribution in [1.29, 1.82) is 0 Å². The molecule has 1 aromatic heterocycles. The lowest BCUT2D eigenvalue weighted by Gasteiger charge is -2.17. The third-order valence-corrected chi connectivity index (χ3v) is 3.50. The summed E-state index contributed by atoms with van der Waals surface area (Å²) in [4.78, 5) is 2.39. The maximum absolute atomic E-state index is 9.48. The summed E-state index contributed by atoms with van der Waals surface area (Å²) in [7, 11) is 0. The fourth-order valence-corrected chi connectivity index (χ4v) is 2.35. The van der Waals surface area contributed by atoms with E-state index in [1.807, 2.05) is 10.7 Å². The van der Waals surface area contributed by atoms with Crippen LogP contribution in [0, 0.1) is 0 Å². The number of nitrogens with two attached hydrogens (primary N) is 1. The first-order valence-electron chi connectivity index (χ1n) is 6.83. The highest BCUT2D eigenvalue weighted by molar-refractivity contribution is 5.90. The molecule has 2 rings (SSSR count). The zero-order chi connectivity index (χ0) is 13.8. The van der Waals surface area contributed by atoms with Crippen molar-refractivity contribution in [3.8, 4) is 5.75 Å². The number of phenolic OH excluding ortho intramolecular Hbond substituents is 1. The van der Waals surface area contributed by atoms with Crippen LogP contribution in [0.2, 0.25) is 0 Å². The predicted molar refractivity (Wildman–Crippen MR) is 92.7 cm³/mol. The molecule has 21 heavy (non-hydrogen) atoms. The first-order chi connectivity index (χ1) is 9.15. The van der Waals surface area contributed by atoms with Crippen molar-refractivity contribution < 1.29 is 5.11 Å². The first-order valence-corrected chi connectivity index (χ1v) is 6.83. The Kier molecular flexibility index (Phi) is 8.47. The van der Waals surface area contributed by atoms with Gasteiger partial charge in [0.05, 0.1) is 5.52 Å². The number of fused-ring (bicyclic) bond motifs is 1. The second-order valence-electron chi connectivity index (χ2n) is 4.69. The number of rotatable bonds is 6. The summed E-state index contributed by atoms with van der Waals surface area (Å²) in [5.41, 5.74) is 6.86. The van der Waals surface area contributed by atoms with Gasteiger partial charge in [0.1, 0.15) is 5.75 Å². The molecule has 120 valence electrons. The summed E-state index contributed by atoms with van der Waals surface area (Å²) in [5.74, 6) is 0.704. The highest BCUT2D eigenvalue weighted by atomic mass is 35.5. The SMILES string of the molecule is CCN(CC)CCCn1nc(N)c2cc(O)ccc21.Cl.Cl. The zero-order valence-electron chi connectivity index (χ0n) is 12.5. The van der Waals surface area contributed by atoms with Gasteiger partial charge >= 0.3 is 0 Å². The van der Waals surface area contributed by atoms with Gasteiger partial charge in [-0.05, 0) is 44.3 Å². The van der Waals surface area contributed by atoms with E-state index in [-0.39, 0.29) is 30.6 Å². The van der Waals surface area contributed by atoms with Gasteiger partial charge in [-0.3, -0.25) is 4.68 Å². The Balaban J connectivity index is 0.00000200. The third-order valence-electron chi connectivity index (χ3n) is 3.50. The normalized spacial score (nSPS) is 10.4. The molecule has 0 atom stereocenters. The van der Waals surface area contributed by atoms with Crippen LogP contribution in [-0.4, -0.2) is 39.4 Å². The molecule has 2 aromatic rings. The second-order valence-corrected chi connectivity index (χ2v) is 4.69. The number of aryl methyl sites for hydroxylation is 1. The van der Waals surface area contributed by atoms with E-state index < -0.39 is 0 Å². The Labute approximate surface area is 137 Å². The van der Waals surface area contributed by atoms with E-state index in [0.29, 0.717) is 5.82 Å². The Morgan fingerprint density at radius 2 is 1.90 bits per heavy atom. The van der Waals surface area contributed by atoms with E-state index in [2.05, 4.69) is 23.8 Å². The van der Waals surface area contributed by atoms with Crippen LogP contribution in [0.1, 0.15) is 20.3 Å². The standard InChI is InChI=1S/C14H22N4O.2ClH/c1-3-17(4-2)8-5-9-18-13-7-6-11(19)10-12(13)14(15)16-18;;/h6-7,10,19H,3-5,8-9H2,1-2H3,(H2,15,16);2*1H. The van der Waals surface area contributed by atoms with Crippen LogP contribution in [0.25, 0.3) is 10.9 Å². The lowest BCUT2D eigenvalue weighted by molar-refractivity contribution is 0.292. The average molecular weight is 335 g/mol. The van der Waals surface area contributed by atoms with Crippen molar-refractivity contribution in [2.45, 2.75) is 26.8 Å². The summed E-state index contributed by atoms with van der Waals surface area (Å²) in [5, 5.41) is 14.6. The lowest BCUT2D eigenvalue weighted by Crippen LogP contribution is -2.25. The number of aromatic hydroxyl groups is 1. The Morgan fingerprint density at radius 1 is 1.24 bits per heavy atom. The van der Waals surface area contributed by atoms with Gasteiger partial charge in [-0.1, -0.05) is 13.8 Å². The predicted octanol–water partition coefficient (Wildman–Crippen LogP) is 2.90. The van der Waals surface area contributed by atoms with Gasteiger partial charge in [0.15, 0.2) is 5.82 Å². The fourth-order valence-electron chi connectivity index (χ4n) is 2.35. The number of halogens is 2. The van der Waals surface area contributed by atoms with Crippen LogP contribution in [0.4, 0.5) is 5.82 Å². The average Bonchev–Trinajstić information content (AvgIpc) is 2.71. The third kappa shape index (κ3) is 4.66. The molecule has 0 saturated heterocycles. The molecule has 3 N–H and O–H groups in total. The monoisotopic (exact) mass is 334 g/mol. The number of aromatic nitrogens is 2. The van der Waals surface area contributed by atoms with Gasteiger partial charge in [0, 0.05) is 11.9 Å². The summed E-state index contributed by atoms with van der Waals surface area (Å²) in [6.45, 7) is 8.40. The molecule has 0 amide bonds. The van der Waals surface area contributed by atoms with Crippen LogP contribution < -0.4 is 5.73 Å². The molecule has 0 spiro atoms. The van der Waals surface area contributed by atoms with Crippen molar-refractivity contribution in [3.05, 3.63) is 18.2 Å². The first kappa shape index (κ1) is 19.8. The van der Waals surface area contributed by atoms with E-state index in [4.69, 9.17) is 5.73 Å². The van der Waals surface area contributed by atoms with Gasteiger partial charge in [-0.2, -0.15) is 5.10 Å². The Hall–Kier alpha value is -1.17. The highest BCUT2D eigenvalue weighted by Gasteiger charge is 2.08. The van der Waals surface area contributed by atoms with E-state index in [1.54, 1.807) is 12.1 Å². The molecule has 1 aromatic carbocycles. The summed E-state index contributed by atoms with van der Waals surface area (Å²) in [6, 6.07) is 5.20. The number of phenols is 1. The van der Waals surface area contributed by atoms with Crippen molar-refractivity contribution in [2.24, 2.45) is 0 Å². The molecule has 0 bridgehead atoms. The number of anilines is 1. The Bertz CT molecular complexity index is 555. The number of hydrogen-bond donors (Lipinski definition) is 2. The fraction of sp³-hybridized carbons (Fsp3) is 0.500. The maximum Gasteiger partial charge on any atom is 0.153 e. The van der Waals surface area contributed by atoms with E-state index in [9.17, 15) is 5.11 Å². The van der Waals surface area contributed by atoms with Crippen molar-refractivity contribution in [2.75, 3.05) is 25.4 Å². The summed E-state index contributed by atoms with van der Waals surface area (Å²) < 4.78 is 1.92. The molecule has 0 aliphatic carbocycles. The maximum atomic E-state index is 9.48. The second kappa shape index (κ2) is 8.97. The van der Waals surface area contributed by atoms with E-state index in [1.165, 1.54) is 0 Å². The van der Waals surface area contributed by atoms with Gasteiger partial charge in [0.2, 0.25) is 0 Å². The number of nitrogen functional groups attached to an aromatic ring is 1. The minimum absolute atomic E-state index is 0. The molecular formula is C14H24Cl2N4O.